The third-order valence-electron chi connectivity index (χ3n) is 2.87. The molecule has 2 N–H and O–H groups in total. The first-order chi connectivity index (χ1) is 8.98. The zero-order valence-electron chi connectivity index (χ0n) is 11.3. The number of ether oxygens (including phenoxy) is 1. The standard InChI is InChI=1S/C11H15F3N2O4/c1-5(2)16-8(17)7(6(3)15-16)10(19,9(18)20-4)11(12,13)14/h5,15,19H,1-4H3. The number of aromatic nitrogens is 2. The van der Waals surface area contributed by atoms with Crippen LogP contribution < -0.4 is 5.56 Å². The maximum atomic E-state index is 13.1. The number of hydrogen-bond acceptors (Lipinski definition) is 4. The molecule has 1 heterocycles. The molecule has 114 valence electrons. The molecule has 0 spiro atoms. The van der Waals surface area contributed by atoms with Gasteiger partial charge in [-0.05, 0) is 20.8 Å². The lowest BCUT2D eigenvalue weighted by Crippen LogP contribution is -2.52. The minimum atomic E-state index is -5.39. The van der Waals surface area contributed by atoms with Crippen LogP contribution in [0.15, 0.2) is 4.79 Å². The highest BCUT2D eigenvalue weighted by atomic mass is 19.4. The van der Waals surface area contributed by atoms with Crippen molar-refractivity contribution in [1.29, 1.82) is 0 Å². The van der Waals surface area contributed by atoms with Crippen LogP contribution in [0.25, 0.3) is 0 Å². The van der Waals surface area contributed by atoms with Crippen LogP contribution in [0.2, 0.25) is 0 Å². The Hall–Kier alpha value is -1.77. The van der Waals surface area contributed by atoms with Crippen LogP contribution in [0.3, 0.4) is 0 Å². The smallest absolute Gasteiger partial charge is 0.432 e. The van der Waals surface area contributed by atoms with Gasteiger partial charge in [0.05, 0.1) is 12.7 Å². The summed E-state index contributed by atoms with van der Waals surface area (Å²) in [7, 11) is 0.696. The van der Waals surface area contributed by atoms with Gasteiger partial charge in [0.25, 0.3) is 11.2 Å². The molecular formula is C11H15F3N2O4. The number of halogens is 3. The number of aliphatic hydroxyl groups is 1. The van der Waals surface area contributed by atoms with Gasteiger partial charge in [-0.25, -0.2) is 4.79 Å². The Morgan fingerprint density at radius 3 is 2.20 bits per heavy atom. The highest BCUT2D eigenvalue weighted by Crippen LogP contribution is 2.39. The Bertz CT molecular complexity index is 573. The van der Waals surface area contributed by atoms with E-state index < -0.39 is 34.9 Å². The van der Waals surface area contributed by atoms with Crippen LogP contribution in [-0.2, 0) is 15.1 Å². The molecule has 1 atom stereocenters. The van der Waals surface area contributed by atoms with Crippen LogP contribution in [0.5, 0.6) is 0 Å². The minimum absolute atomic E-state index is 0.256. The molecule has 0 saturated heterocycles. The Balaban J connectivity index is 3.69. The van der Waals surface area contributed by atoms with E-state index in [0.29, 0.717) is 7.11 Å². The van der Waals surface area contributed by atoms with Gasteiger partial charge in [0.1, 0.15) is 0 Å². The first-order valence-electron chi connectivity index (χ1n) is 5.67. The number of aromatic amines is 1. The van der Waals surface area contributed by atoms with Gasteiger partial charge in [-0.3, -0.25) is 14.6 Å². The van der Waals surface area contributed by atoms with E-state index in [1.54, 1.807) is 13.8 Å². The molecule has 6 nitrogen and oxygen atoms in total. The summed E-state index contributed by atoms with van der Waals surface area (Å²) in [4.78, 5) is 23.4. The molecule has 1 unspecified atom stereocenters. The summed E-state index contributed by atoms with van der Waals surface area (Å²) in [6.45, 7) is 4.28. The first-order valence-corrected chi connectivity index (χ1v) is 5.67. The minimum Gasteiger partial charge on any atom is -0.466 e. The lowest BCUT2D eigenvalue weighted by molar-refractivity contribution is -0.267. The molecule has 0 aliphatic heterocycles. The van der Waals surface area contributed by atoms with Crippen LogP contribution in [0, 0.1) is 6.92 Å². The van der Waals surface area contributed by atoms with Crippen LogP contribution in [0.4, 0.5) is 13.2 Å². The van der Waals surface area contributed by atoms with Crippen molar-refractivity contribution in [2.45, 2.75) is 38.6 Å². The lowest BCUT2D eigenvalue weighted by atomic mass is 9.93. The number of esters is 1. The van der Waals surface area contributed by atoms with E-state index in [-0.39, 0.29) is 5.69 Å². The Labute approximate surface area is 112 Å². The number of nitrogens with zero attached hydrogens (tertiary/aromatic N) is 1. The summed E-state index contributed by atoms with van der Waals surface area (Å²) < 4.78 is 44.2. The number of rotatable bonds is 3. The van der Waals surface area contributed by atoms with Gasteiger partial charge < -0.3 is 9.84 Å². The van der Waals surface area contributed by atoms with Crippen molar-refractivity contribution >= 4 is 5.97 Å². The van der Waals surface area contributed by atoms with E-state index in [4.69, 9.17) is 0 Å². The summed E-state index contributed by atoms with van der Waals surface area (Å²) in [5, 5.41) is 12.2. The number of carbonyl (C=O) groups is 1. The Morgan fingerprint density at radius 2 is 1.90 bits per heavy atom. The van der Waals surface area contributed by atoms with E-state index in [0.717, 1.165) is 11.6 Å². The second-order valence-corrected chi connectivity index (χ2v) is 4.58. The summed E-state index contributed by atoms with van der Waals surface area (Å²) >= 11 is 0. The summed E-state index contributed by atoms with van der Waals surface area (Å²) in [5.41, 5.74) is -6.46. The molecule has 0 aliphatic carbocycles. The summed E-state index contributed by atoms with van der Waals surface area (Å²) in [6, 6.07) is -0.468. The quantitative estimate of drug-likeness (QED) is 0.815. The molecule has 0 saturated carbocycles. The normalized spacial score (nSPS) is 15.2. The second kappa shape index (κ2) is 4.97. The largest absolute Gasteiger partial charge is 0.466 e. The fourth-order valence-electron chi connectivity index (χ4n) is 1.87. The van der Waals surface area contributed by atoms with Gasteiger partial charge in [-0.1, -0.05) is 0 Å². The van der Waals surface area contributed by atoms with Gasteiger partial charge in [0, 0.05) is 11.7 Å². The van der Waals surface area contributed by atoms with Crippen molar-refractivity contribution in [3.8, 4) is 0 Å². The summed E-state index contributed by atoms with van der Waals surface area (Å²) in [6.07, 6.45) is -5.39. The number of aryl methyl sites for hydroxylation is 1. The van der Waals surface area contributed by atoms with E-state index >= 15 is 0 Å². The number of nitrogens with one attached hydrogen (secondary N) is 1. The summed E-state index contributed by atoms with van der Waals surface area (Å²) in [5.74, 6) is -1.96. The first kappa shape index (κ1) is 16.3. The number of methoxy groups -OCH3 is 1. The van der Waals surface area contributed by atoms with Gasteiger partial charge in [0.2, 0.25) is 0 Å². The van der Waals surface area contributed by atoms with Crippen LogP contribution in [0.1, 0.15) is 31.1 Å². The monoisotopic (exact) mass is 296 g/mol. The van der Waals surface area contributed by atoms with Crippen molar-refractivity contribution in [2.24, 2.45) is 0 Å². The molecule has 0 bridgehead atoms. The molecular weight excluding hydrogens is 281 g/mol. The van der Waals surface area contributed by atoms with Crippen molar-refractivity contribution in [3.05, 3.63) is 21.6 Å². The van der Waals surface area contributed by atoms with E-state index in [9.17, 15) is 27.9 Å². The SMILES string of the molecule is COC(=O)C(O)(c1c(C)[nH]n(C(C)C)c1=O)C(F)(F)F. The van der Waals surface area contributed by atoms with Crippen molar-refractivity contribution in [2.75, 3.05) is 7.11 Å². The maximum Gasteiger partial charge on any atom is 0.432 e. The van der Waals surface area contributed by atoms with E-state index in [2.05, 4.69) is 9.84 Å². The average Bonchev–Trinajstić information content (AvgIpc) is 2.61. The predicted octanol–water partition coefficient (Wildman–Crippen LogP) is 0.989. The number of alkyl halides is 3. The Kier molecular flexibility index (Phi) is 4.04. The fraction of sp³-hybridized carbons (Fsp3) is 0.636. The molecule has 9 heteroatoms. The van der Waals surface area contributed by atoms with Gasteiger partial charge in [0.15, 0.2) is 0 Å². The molecule has 1 aromatic heterocycles. The van der Waals surface area contributed by atoms with Crippen LogP contribution >= 0.6 is 0 Å². The molecule has 1 aromatic rings. The molecule has 0 radical (unpaired) electrons. The fourth-order valence-corrected chi connectivity index (χ4v) is 1.87. The zero-order chi connectivity index (χ0) is 15.9. The number of carbonyl (C=O) groups excluding carboxylic acids is 1. The molecule has 0 aliphatic rings. The third-order valence-corrected chi connectivity index (χ3v) is 2.87. The Morgan fingerprint density at radius 1 is 1.40 bits per heavy atom. The average molecular weight is 296 g/mol. The molecule has 1 rings (SSSR count). The molecule has 0 fully saturated rings. The topological polar surface area (TPSA) is 84.3 Å². The van der Waals surface area contributed by atoms with Gasteiger partial charge in [-0.2, -0.15) is 13.2 Å². The van der Waals surface area contributed by atoms with E-state index in [1.165, 1.54) is 0 Å². The highest BCUT2D eigenvalue weighted by molar-refractivity contribution is 5.82. The van der Waals surface area contributed by atoms with Crippen LogP contribution in [-0.4, -0.2) is 34.1 Å². The zero-order valence-corrected chi connectivity index (χ0v) is 11.3. The lowest BCUT2D eigenvalue weighted by Gasteiger charge is -2.26. The predicted molar refractivity (Wildman–Crippen MR) is 62.1 cm³/mol. The van der Waals surface area contributed by atoms with Crippen molar-refractivity contribution in [1.82, 2.24) is 9.78 Å². The van der Waals surface area contributed by atoms with Gasteiger partial charge >= 0.3 is 12.1 Å². The molecule has 20 heavy (non-hydrogen) atoms. The van der Waals surface area contributed by atoms with Gasteiger partial charge in [-0.15, -0.1) is 0 Å². The second-order valence-electron chi connectivity index (χ2n) is 4.58. The van der Waals surface area contributed by atoms with E-state index in [1.807, 2.05) is 0 Å². The third kappa shape index (κ3) is 2.21. The molecule has 0 amide bonds. The molecule has 0 aromatic carbocycles. The highest BCUT2D eigenvalue weighted by Gasteiger charge is 2.64. The van der Waals surface area contributed by atoms with Crippen molar-refractivity contribution in [3.63, 3.8) is 0 Å². The number of H-pyrrole nitrogens is 1. The maximum absolute atomic E-state index is 13.1. The van der Waals surface area contributed by atoms with Crippen molar-refractivity contribution < 1.29 is 27.8 Å². The number of hydrogen-bond donors (Lipinski definition) is 2.